The van der Waals surface area contributed by atoms with Gasteiger partial charge in [0, 0.05) is 15.6 Å². The molecule has 1 N–H and O–H groups in total. The summed E-state index contributed by atoms with van der Waals surface area (Å²) in [4.78, 5) is 0. The maximum Gasteiger partial charge on any atom is 0.124 e. The van der Waals surface area contributed by atoms with Crippen molar-refractivity contribution in [3.05, 3.63) is 51.9 Å². The van der Waals surface area contributed by atoms with Crippen LogP contribution in [0.1, 0.15) is 36.8 Å². The fourth-order valence-electron chi connectivity index (χ4n) is 2.32. The molecule has 0 fully saturated rings. The number of hydrogen-bond donors (Lipinski definition) is 1. The molecule has 0 aliphatic rings. The predicted molar refractivity (Wildman–Crippen MR) is 84.3 cm³/mol. The maximum absolute atomic E-state index is 5.77. The Kier molecular flexibility index (Phi) is 5.26. The molecule has 1 unspecified atom stereocenters. The molecule has 108 valence electrons. The molecule has 4 heteroatoms. The van der Waals surface area contributed by atoms with Crippen molar-refractivity contribution < 1.29 is 9.15 Å². The molecule has 0 saturated heterocycles. The summed E-state index contributed by atoms with van der Waals surface area (Å²) in [6.07, 6.45) is 1.73. The van der Waals surface area contributed by atoms with Gasteiger partial charge in [-0.2, -0.15) is 0 Å². The lowest BCUT2D eigenvalue weighted by Gasteiger charge is -2.21. The van der Waals surface area contributed by atoms with Crippen LogP contribution in [0.25, 0.3) is 0 Å². The van der Waals surface area contributed by atoms with Gasteiger partial charge in [-0.05, 0) is 44.7 Å². The third-order valence-corrected chi connectivity index (χ3v) is 3.69. The molecule has 0 aliphatic carbocycles. The lowest BCUT2D eigenvalue weighted by atomic mass is 9.98. The second-order valence-electron chi connectivity index (χ2n) is 4.54. The van der Waals surface area contributed by atoms with Crippen LogP contribution in [-0.2, 0) is 0 Å². The Morgan fingerprint density at radius 2 is 2.05 bits per heavy atom. The molecule has 0 aliphatic heterocycles. The molecule has 0 saturated carbocycles. The number of hydrogen-bond acceptors (Lipinski definition) is 3. The molecule has 0 amide bonds. The van der Waals surface area contributed by atoms with Crippen LogP contribution in [0, 0.1) is 6.92 Å². The molecule has 1 aromatic carbocycles. The quantitative estimate of drug-likeness (QED) is 0.845. The van der Waals surface area contributed by atoms with E-state index in [1.165, 1.54) is 0 Å². The summed E-state index contributed by atoms with van der Waals surface area (Å²) >= 11 is 3.54. The Hall–Kier alpha value is -1.26. The first kappa shape index (κ1) is 15.1. The van der Waals surface area contributed by atoms with E-state index < -0.39 is 0 Å². The van der Waals surface area contributed by atoms with E-state index in [0.29, 0.717) is 6.61 Å². The number of nitrogens with one attached hydrogen (secondary N) is 1. The van der Waals surface area contributed by atoms with Gasteiger partial charge in [0.1, 0.15) is 11.5 Å². The third kappa shape index (κ3) is 3.25. The SMILES string of the molecule is CCNC(c1cc(Br)ccc1OCC)c1ccoc1C. The molecular weight excluding hydrogens is 318 g/mol. The normalized spacial score (nSPS) is 12.4. The number of ether oxygens (including phenoxy) is 1. The van der Waals surface area contributed by atoms with Gasteiger partial charge in [0.2, 0.25) is 0 Å². The molecule has 0 radical (unpaired) electrons. The van der Waals surface area contributed by atoms with Crippen LogP contribution in [0.15, 0.2) is 39.4 Å². The van der Waals surface area contributed by atoms with Gasteiger partial charge < -0.3 is 14.5 Å². The average Bonchev–Trinajstić information content (AvgIpc) is 2.85. The largest absolute Gasteiger partial charge is 0.494 e. The minimum atomic E-state index is 0.0674. The Morgan fingerprint density at radius 3 is 2.65 bits per heavy atom. The Balaban J connectivity index is 2.48. The van der Waals surface area contributed by atoms with Crippen molar-refractivity contribution >= 4 is 15.9 Å². The fraction of sp³-hybridized carbons (Fsp3) is 0.375. The monoisotopic (exact) mass is 337 g/mol. The highest BCUT2D eigenvalue weighted by atomic mass is 79.9. The summed E-state index contributed by atoms with van der Waals surface area (Å²) < 4.78 is 12.3. The molecule has 0 bridgehead atoms. The van der Waals surface area contributed by atoms with E-state index in [4.69, 9.17) is 9.15 Å². The summed E-state index contributed by atoms with van der Waals surface area (Å²) in [6, 6.07) is 8.18. The summed E-state index contributed by atoms with van der Waals surface area (Å²) in [5, 5.41) is 3.51. The van der Waals surface area contributed by atoms with E-state index in [0.717, 1.165) is 33.7 Å². The Bertz CT molecular complexity index is 565. The Labute approximate surface area is 128 Å². The zero-order chi connectivity index (χ0) is 14.5. The van der Waals surface area contributed by atoms with Crippen molar-refractivity contribution in [3.63, 3.8) is 0 Å². The first-order chi connectivity index (χ1) is 9.67. The number of halogens is 1. The lowest BCUT2D eigenvalue weighted by molar-refractivity contribution is 0.333. The van der Waals surface area contributed by atoms with Crippen LogP contribution in [0.3, 0.4) is 0 Å². The van der Waals surface area contributed by atoms with Gasteiger partial charge in [-0.25, -0.2) is 0 Å². The first-order valence-corrected chi connectivity index (χ1v) is 7.66. The standard InChI is InChI=1S/C16H20BrNO2/c1-4-18-16(13-8-9-20-11(13)3)14-10-12(17)6-7-15(14)19-5-2/h6-10,16,18H,4-5H2,1-3H3. The van der Waals surface area contributed by atoms with Gasteiger partial charge in [-0.3, -0.25) is 0 Å². The Morgan fingerprint density at radius 1 is 1.25 bits per heavy atom. The highest BCUT2D eigenvalue weighted by Gasteiger charge is 2.21. The molecule has 2 aromatic rings. The molecule has 1 heterocycles. The maximum atomic E-state index is 5.77. The zero-order valence-corrected chi connectivity index (χ0v) is 13.7. The van der Waals surface area contributed by atoms with E-state index in [1.54, 1.807) is 6.26 Å². The fourth-order valence-corrected chi connectivity index (χ4v) is 2.70. The number of rotatable bonds is 6. The highest BCUT2D eigenvalue weighted by Crippen LogP contribution is 2.34. The minimum absolute atomic E-state index is 0.0674. The molecule has 2 rings (SSSR count). The summed E-state index contributed by atoms with van der Waals surface area (Å²) in [6.45, 7) is 7.60. The van der Waals surface area contributed by atoms with Crippen LogP contribution in [0.2, 0.25) is 0 Å². The van der Waals surface area contributed by atoms with Crippen molar-refractivity contribution in [2.75, 3.05) is 13.2 Å². The van der Waals surface area contributed by atoms with Crippen LogP contribution in [0.4, 0.5) is 0 Å². The molecule has 1 atom stereocenters. The summed E-state index contributed by atoms with van der Waals surface area (Å²) in [5.74, 6) is 1.83. The van der Waals surface area contributed by atoms with Gasteiger partial charge in [-0.15, -0.1) is 0 Å². The van der Waals surface area contributed by atoms with E-state index >= 15 is 0 Å². The molecule has 0 spiro atoms. The van der Waals surface area contributed by atoms with Crippen molar-refractivity contribution in [1.82, 2.24) is 5.32 Å². The van der Waals surface area contributed by atoms with Gasteiger partial charge >= 0.3 is 0 Å². The topological polar surface area (TPSA) is 34.4 Å². The molecule has 20 heavy (non-hydrogen) atoms. The van der Waals surface area contributed by atoms with Gasteiger partial charge in [0.15, 0.2) is 0 Å². The summed E-state index contributed by atoms with van der Waals surface area (Å²) in [7, 11) is 0. The van der Waals surface area contributed by atoms with Crippen molar-refractivity contribution in [2.24, 2.45) is 0 Å². The number of benzene rings is 1. The summed E-state index contributed by atoms with van der Waals surface area (Å²) in [5.41, 5.74) is 2.26. The number of furan rings is 1. The number of aryl methyl sites for hydroxylation is 1. The van der Waals surface area contributed by atoms with Crippen molar-refractivity contribution in [1.29, 1.82) is 0 Å². The predicted octanol–water partition coefficient (Wildman–Crippen LogP) is 4.45. The van der Waals surface area contributed by atoms with E-state index in [-0.39, 0.29) is 6.04 Å². The highest BCUT2D eigenvalue weighted by molar-refractivity contribution is 9.10. The second kappa shape index (κ2) is 6.95. The van der Waals surface area contributed by atoms with Crippen molar-refractivity contribution in [3.8, 4) is 5.75 Å². The van der Waals surface area contributed by atoms with Crippen LogP contribution in [-0.4, -0.2) is 13.2 Å². The van der Waals surface area contributed by atoms with Crippen LogP contribution < -0.4 is 10.1 Å². The van der Waals surface area contributed by atoms with Gasteiger partial charge in [-0.1, -0.05) is 22.9 Å². The molecular formula is C16H20BrNO2. The van der Waals surface area contributed by atoms with E-state index in [9.17, 15) is 0 Å². The molecule has 1 aromatic heterocycles. The second-order valence-corrected chi connectivity index (χ2v) is 5.45. The van der Waals surface area contributed by atoms with Gasteiger partial charge in [0.25, 0.3) is 0 Å². The zero-order valence-electron chi connectivity index (χ0n) is 12.1. The van der Waals surface area contributed by atoms with E-state index in [2.05, 4.69) is 34.2 Å². The van der Waals surface area contributed by atoms with Crippen LogP contribution in [0.5, 0.6) is 5.75 Å². The third-order valence-electron chi connectivity index (χ3n) is 3.20. The first-order valence-electron chi connectivity index (χ1n) is 6.87. The lowest BCUT2D eigenvalue weighted by Crippen LogP contribution is -2.23. The van der Waals surface area contributed by atoms with E-state index in [1.807, 2.05) is 32.0 Å². The average molecular weight is 338 g/mol. The van der Waals surface area contributed by atoms with Gasteiger partial charge in [0.05, 0.1) is 18.9 Å². The van der Waals surface area contributed by atoms with Crippen molar-refractivity contribution in [2.45, 2.75) is 26.8 Å². The van der Waals surface area contributed by atoms with Crippen LogP contribution >= 0.6 is 15.9 Å². The smallest absolute Gasteiger partial charge is 0.124 e. The minimum Gasteiger partial charge on any atom is -0.494 e. The molecule has 3 nitrogen and oxygen atoms in total.